The highest BCUT2D eigenvalue weighted by Crippen LogP contribution is 2.24. The van der Waals surface area contributed by atoms with Crippen LogP contribution in [0.1, 0.15) is 6.42 Å². The summed E-state index contributed by atoms with van der Waals surface area (Å²) in [6.07, 6.45) is -0.0939. The highest BCUT2D eigenvalue weighted by atomic mass is 79.9. The Bertz CT molecular complexity index is 525. The van der Waals surface area contributed by atoms with Gasteiger partial charge in [0.2, 0.25) is 15.9 Å². The number of primary sulfonamides is 1. The maximum atomic E-state index is 11.6. The summed E-state index contributed by atoms with van der Waals surface area (Å²) in [7, 11) is -3.68. The van der Waals surface area contributed by atoms with Crippen LogP contribution in [0.15, 0.2) is 10.7 Å². The summed E-state index contributed by atoms with van der Waals surface area (Å²) >= 11 is 3.15. The van der Waals surface area contributed by atoms with Crippen LogP contribution in [0.4, 0.5) is 5.82 Å². The number of hydrogen-bond donors (Lipinski definition) is 2. The van der Waals surface area contributed by atoms with Crippen molar-refractivity contribution < 1.29 is 13.2 Å². The summed E-state index contributed by atoms with van der Waals surface area (Å²) in [6, 6.07) is 1.60. The van der Waals surface area contributed by atoms with Gasteiger partial charge >= 0.3 is 0 Å². The van der Waals surface area contributed by atoms with Gasteiger partial charge in [-0.25, -0.2) is 13.6 Å². The summed E-state index contributed by atoms with van der Waals surface area (Å²) < 4.78 is 22.9. The van der Waals surface area contributed by atoms with E-state index in [2.05, 4.69) is 26.1 Å². The number of hydrogen-bond acceptors (Lipinski definition) is 4. The number of nitrogens with one attached hydrogen (secondary N) is 1. The fourth-order valence-corrected chi connectivity index (χ4v) is 2.57. The second-order valence-corrected chi connectivity index (χ2v) is 6.19. The zero-order valence-electron chi connectivity index (χ0n) is 8.05. The molecule has 0 radical (unpaired) electrons. The van der Waals surface area contributed by atoms with Crippen LogP contribution in [0.25, 0.3) is 0 Å². The lowest BCUT2D eigenvalue weighted by Gasteiger charge is -2.11. The molecule has 1 aliphatic rings. The van der Waals surface area contributed by atoms with E-state index in [1.54, 1.807) is 6.07 Å². The smallest absolute Gasteiger partial charge is 0.229 e. The van der Waals surface area contributed by atoms with Gasteiger partial charge < -0.3 is 0 Å². The molecule has 1 aromatic heterocycles. The highest BCUT2D eigenvalue weighted by molar-refractivity contribution is 9.10. The van der Waals surface area contributed by atoms with Crippen LogP contribution < -0.4 is 10.0 Å². The fraction of sp³-hybridized carbons (Fsp3) is 0.429. The third kappa shape index (κ3) is 2.11. The Balaban J connectivity index is 2.24. The van der Waals surface area contributed by atoms with Crippen molar-refractivity contribution in [3.05, 3.63) is 10.7 Å². The van der Waals surface area contributed by atoms with Gasteiger partial charge in [0.25, 0.3) is 0 Å². The molecule has 1 fully saturated rings. The molecule has 0 spiro atoms. The van der Waals surface area contributed by atoms with Crippen molar-refractivity contribution >= 4 is 37.7 Å². The van der Waals surface area contributed by atoms with Gasteiger partial charge in [-0.2, -0.15) is 5.10 Å². The number of nitrogens with two attached hydrogens (primary N) is 1. The van der Waals surface area contributed by atoms with Crippen LogP contribution in [-0.2, 0) is 14.8 Å². The molecule has 16 heavy (non-hydrogen) atoms. The minimum Gasteiger partial charge on any atom is -0.294 e. The minimum atomic E-state index is -3.68. The Hall–Kier alpha value is -0.930. The number of nitrogens with zero attached hydrogens (tertiary/aromatic N) is 2. The van der Waals surface area contributed by atoms with Crippen LogP contribution >= 0.6 is 15.9 Å². The topological polar surface area (TPSA) is 109 Å². The largest absolute Gasteiger partial charge is 0.294 e. The molecule has 1 aromatic rings. The number of rotatable bonds is 2. The van der Waals surface area contributed by atoms with E-state index in [1.165, 1.54) is 4.90 Å². The highest BCUT2D eigenvalue weighted by Gasteiger charge is 2.37. The number of aromatic nitrogens is 2. The molecular weight excluding hydrogens is 300 g/mol. The van der Waals surface area contributed by atoms with Crippen LogP contribution in [0, 0.1) is 0 Å². The Kier molecular flexibility index (Phi) is 2.76. The van der Waals surface area contributed by atoms with E-state index in [1.807, 2.05) is 0 Å². The van der Waals surface area contributed by atoms with E-state index in [-0.39, 0.29) is 18.9 Å². The molecule has 1 amide bonds. The van der Waals surface area contributed by atoms with Crippen molar-refractivity contribution in [1.82, 2.24) is 10.2 Å². The summed E-state index contributed by atoms with van der Waals surface area (Å²) in [5.74, 6) is 0.0982. The van der Waals surface area contributed by atoms with Crippen molar-refractivity contribution in [2.45, 2.75) is 11.7 Å². The van der Waals surface area contributed by atoms with Crippen LogP contribution in [0.3, 0.4) is 0 Å². The van der Waals surface area contributed by atoms with E-state index in [9.17, 15) is 13.2 Å². The number of halogens is 1. The minimum absolute atomic E-state index is 0.0506. The molecule has 1 unspecified atom stereocenters. The van der Waals surface area contributed by atoms with Gasteiger partial charge in [0.05, 0.1) is 0 Å². The lowest BCUT2D eigenvalue weighted by molar-refractivity contribution is -0.117. The quantitative estimate of drug-likeness (QED) is 0.772. The third-order valence-corrected chi connectivity index (χ3v) is 4.02. The first-order chi connectivity index (χ1) is 7.38. The Labute approximate surface area is 100 Å². The van der Waals surface area contributed by atoms with Crippen molar-refractivity contribution in [3.63, 3.8) is 0 Å². The van der Waals surface area contributed by atoms with Gasteiger partial charge in [-0.05, 0) is 15.9 Å². The Morgan fingerprint density at radius 3 is 2.75 bits per heavy atom. The molecule has 1 atom stereocenters. The molecule has 3 N–H and O–H groups in total. The molecule has 9 heteroatoms. The van der Waals surface area contributed by atoms with Gasteiger partial charge in [-0.1, -0.05) is 0 Å². The van der Waals surface area contributed by atoms with Gasteiger partial charge in [-0.15, -0.1) is 0 Å². The zero-order chi connectivity index (χ0) is 11.9. The normalized spacial score (nSPS) is 21.8. The molecular formula is C7H9BrN4O3S. The first kappa shape index (κ1) is 11.6. The number of anilines is 1. The Morgan fingerprint density at radius 1 is 1.62 bits per heavy atom. The average Bonchev–Trinajstić information content (AvgIpc) is 2.70. The number of aromatic amines is 1. The van der Waals surface area contributed by atoms with Crippen LogP contribution in [0.2, 0.25) is 0 Å². The summed E-state index contributed by atoms with van der Waals surface area (Å²) in [4.78, 5) is 12.9. The SMILES string of the molecule is NS(=O)(=O)C1CC(=O)N(c2cc(Br)[nH]n2)C1. The first-order valence-corrected chi connectivity index (χ1v) is 6.81. The first-order valence-electron chi connectivity index (χ1n) is 4.41. The molecule has 0 aromatic carbocycles. The standard InChI is InChI=1S/C7H9BrN4O3S/c8-5-2-6(11-10-5)12-3-4(1-7(12)13)16(9,14)15/h2,4H,1,3H2,(H,10,11)(H2,9,14,15). The van der Waals surface area contributed by atoms with Crippen molar-refractivity contribution in [2.75, 3.05) is 11.4 Å². The van der Waals surface area contributed by atoms with Crippen LogP contribution in [-0.4, -0.2) is 36.3 Å². The molecule has 2 rings (SSSR count). The lowest BCUT2D eigenvalue weighted by Crippen LogP contribution is -2.32. The number of carbonyl (C=O) groups is 1. The van der Waals surface area contributed by atoms with Crippen molar-refractivity contribution in [3.8, 4) is 0 Å². The van der Waals surface area contributed by atoms with Crippen LogP contribution in [0.5, 0.6) is 0 Å². The maximum absolute atomic E-state index is 11.6. The summed E-state index contributed by atoms with van der Waals surface area (Å²) in [5, 5.41) is 10.6. The molecule has 1 aliphatic heterocycles. The van der Waals surface area contributed by atoms with Gasteiger partial charge in [0.1, 0.15) is 9.85 Å². The lowest BCUT2D eigenvalue weighted by atomic mass is 10.4. The second-order valence-electron chi connectivity index (χ2n) is 3.49. The Morgan fingerprint density at radius 2 is 2.31 bits per heavy atom. The molecule has 0 saturated carbocycles. The van der Waals surface area contributed by atoms with E-state index in [0.29, 0.717) is 10.4 Å². The predicted molar refractivity (Wildman–Crippen MR) is 60.2 cm³/mol. The van der Waals surface area contributed by atoms with E-state index in [4.69, 9.17) is 5.14 Å². The van der Waals surface area contributed by atoms with Gasteiger partial charge in [-0.3, -0.25) is 14.8 Å². The van der Waals surface area contributed by atoms with Crippen molar-refractivity contribution in [2.24, 2.45) is 5.14 Å². The summed E-state index contributed by atoms with van der Waals surface area (Å²) in [5.41, 5.74) is 0. The average molecular weight is 309 g/mol. The number of sulfonamides is 1. The number of amides is 1. The second kappa shape index (κ2) is 3.82. The van der Waals surface area contributed by atoms with E-state index < -0.39 is 15.3 Å². The van der Waals surface area contributed by atoms with Crippen molar-refractivity contribution in [1.29, 1.82) is 0 Å². The molecule has 7 nitrogen and oxygen atoms in total. The van der Waals surface area contributed by atoms with E-state index >= 15 is 0 Å². The molecule has 0 bridgehead atoms. The number of carbonyl (C=O) groups excluding carboxylic acids is 1. The number of H-pyrrole nitrogens is 1. The van der Waals surface area contributed by atoms with Gasteiger partial charge in [0.15, 0.2) is 5.82 Å². The van der Waals surface area contributed by atoms with Gasteiger partial charge in [0, 0.05) is 19.0 Å². The maximum Gasteiger partial charge on any atom is 0.229 e. The van der Waals surface area contributed by atoms with E-state index in [0.717, 1.165) is 0 Å². The fourth-order valence-electron chi connectivity index (χ4n) is 1.54. The predicted octanol–water partition coefficient (Wildman–Crippen LogP) is -0.434. The molecule has 2 heterocycles. The molecule has 0 aliphatic carbocycles. The molecule has 1 saturated heterocycles. The third-order valence-electron chi connectivity index (χ3n) is 2.36. The monoisotopic (exact) mass is 308 g/mol. The molecule has 88 valence electrons. The zero-order valence-corrected chi connectivity index (χ0v) is 10.5. The summed E-state index contributed by atoms with van der Waals surface area (Å²) in [6.45, 7) is 0.0506.